The summed E-state index contributed by atoms with van der Waals surface area (Å²) >= 11 is 6.53. The standard InChI is InChI=1S/C24H23ClN4O4/c1-31-19-10-14(11-20(32-2)23(19)33-3)13-8-17-21(18(30)9-13)22(15-6-4-5-7-16(15)25)29-24(28-17)26-12-27-29/h4-7,10-13,22H,8-9H2,1-3H3,(H,26,27,28)/t13-,22-/m0/s1. The average molecular weight is 467 g/mol. The predicted octanol–water partition coefficient (Wildman–Crippen LogP) is 4.37. The Morgan fingerprint density at radius 3 is 2.45 bits per heavy atom. The van der Waals surface area contributed by atoms with Gasteiger partial charge in [-0.15, -0.1) is 0 Å². The molecule has 5 rings (SSSR count). The van der Waals surface area contributed by atoms with E-state index in [1.807, 2.05) is 36.4 Å². The van der Waals surface area contributed by atoms with E-state index in [0.717, 1.165) is 16.8 Å². The molecule has 33 heavy (non-hydrogen) atoms. The first-order valence-corrected chi connectivity index (χ1v) is 10.9. The summed E-state index contributed by atoms with van der Waals surface area (Å²) in [4.78, 5) is 17.9. The number of rotatable bonds is 5. The van der Waals surface area contributed by atoms with Gasteiger partial charge in [0.2, 0.25) is 11.7 Å². The normalized spacial score (nSPS) is 19.5. The topological polar surface area (TPSA) is 87.5 Å². The largest absolute Gasteiger partial charge is 0.493 e. The van der Waals surface area contributed by atoms with E-state index in [-0.39, 0.29) is 11.7 Å². The molecule has 1 aliphatic carbocycles. The van der Waals surface area contributed by atoms with Gasteiger partial charge in [0.15, 0.2) is 17.3 Å². The number of anilines is 1. The number of ketones is 1. The molecule has 2 heterocycles. The fourth-order valence-corrected chi connectivity index (χ4v) is 4.95. The van der Waals surface area contributed by atoms with Gasteiger partial charge in [0, 0.05) is 28.3 Å². The van der Waals surface area contributed by atoms with Gasteiger partial charge < -0.3 is 19.5 Å². The van der Waals surface area contributed by atoms with E-state index < -0.39 is 6.04 Å². The van der Waals surface area contributed by atoms with Crippen molar-refractivity contribution in [3.8, 4) is 17.2 Å². The monoisotopic (exact) mass is 466 g/mol. The number of benzene rings is 2. The maximum Gasteiger partial charge on any atom is 0.226 e. The Morgan fingerprint density at radius 1 is 1.06 bits per heavy atom. The molecule has 9 heteroatoms. The summed E-state index contributed by atoms with van der Waals surface area (Å²) in [7, 11) is 4.73. The lowest BCUT2D eigenvalue weighted by atomic mass is 9.77. The van der Waals surface area contributed by atoms with Gasteiger partial charge in [0.05, 0.1) is 21.3 Å². The van der Waals surface area contributed by atoms with Gasteiger partial charge in [-0.3, -0.25) is 4.79 Å². The predicted molar refractivity (Wildman–Crippen MR) is 123 cm³/mol. The maximum atomic E-state index is 13.6. The molecular formula is C24H23ClN4O4. The second kappa shape index (κ2) is 8.44. The van der Waals surface area contributed by atoms with Gasteiger partial charge in [0.1, 0.15) is 12.4 Å². The molecule has 2 aliphatic rings. The molecule has 0 unspecified atom stereocenters. The number of methoxy groups -OCH3 is 3. The molecule has 1 N–H and O–H groups in total. The molecule has 0 radical (unpaired) electrons. The van der Waals surface area contributed by atoms with Crippen LogP contribution in [-0.4, -0.2) is 41.9 Å². The zero-order valence-electron chi connectivity index (χ0n) is 18.5. The fourth-order valence-electron chi connectivity index (χ4n) is 4.71. The highest BCUT2D eigenvalue weighted by molar-refractivity contribution is 6.31. The maximum absolute atomic E-state index is 13.6. The minimum Gasteiger partial charge on any atom is -0.493 e. The molecule has 2 atom stereocenters. The van der Waals surface area contributed by atoms with E-state index in [4.69, 9.17) is 25.8 Å². The third kappa shape index (κ3) is 3.51. The highest BCUT2D eigenvalue weighted by Crippen LogP contribution is 2.47. The van der Waals surface area contributed by atoms with Crippen molar-refractivity contribution in [1.29, 1.82) is 0 Å². The highest BCUT2D eigenvalue weighted by atomic mass is 35.5. The zero-order chi connectivity index (χ0) is 23.1. The van der Waals surface area contributed by atoms with Crippen LogP contribution >= 0.6 is 11.6 Å². The van der Waals surface area contributed by atoms with Crippen LogP contribution in [0.1, 0.15) is 35.9 Å². The molecule has 0 spiro atoms. The fraction of sp³-hybridized carbons (Fsp3) is 0.292. The molecule has 2 aromatic carbocycles. The van der Waals surface area contributed by atoms with Crippen molar-refractivity contribution in [2.75, 3.05) is 26.6 Å². The van der Waals surface area contributed by atoms with Gasteiger partial charge in [0.25, 0.3) is 0 Å². The lowest BCUT2D eigenvalue weighted by Gasteiger charge is -2.35. The minimum atomic E-state index is -0.430. The Kier molecular flexibility index (Phi) is 5.46. The van der Waals surface area contributed by atoms with Crippen LogP contribution in [0.4, 0.5) is 5.95 Å². The molecule has 3 aromatic rings. The summed E-state index contributed by atoms with van der Waals surface area (Å²) < 4.78 is 18.2. The van der Waals surface area contributed by atoms with Gasteiger partial charge in [-0.1, -0.05) is 29.8 Å². The number of ether oxygens (including phenoxy) is 3. The smallest absolute Gasteiger partial charge is 0.226 e. The van der Waals surface area contributed by atoms with Crippen molar-refractivity contribution in [1.82, 2.24) is 14.8 Å². The number of Topliss-reactive ketones (excluding diaryl/α,β-unsaturated/α-hetero) is 1. The van der Waals surface area contributed by atoms with E-state index in [1.54, 1.807) is 26.0 Å². The van der Waals surface area contributed by atoms with Crippen molar-refractivity contribution < 1.29 is 19.0 Å². The zero-order valence-corrected chi connectivity index (χ0v) is 19.2. The molecule has 8 nitrogen and oxygen atoms in total. The first-order chi connectivity index (χ1) is 16.0. The van der Waals surface area contributed by atoms with Crippen LogP contribution in [0.3, 0.4) is 0 Å². The second-order valence-corrected chi connectivity index (χ2v) is 8.36. The van der Waals surface area contributed by atoms with E-state index >= 15 is 0 Å². The molecule has 0 fully saturated rings. The quantitative estimate of drug-likeness (QED) is 0.597. The van der Waals surface area contributed by atoms with Gasteiger partial charge in [-0.05, 0) is 36.1 Å². The summed E-state index contributed by atoms with van der Waals surface area (Å²) in [5.74, 6) is 2.19. The molecule has 0 saturated carbocycles. The Hall–Kier alpha value is -3.52. The van der Waals surface area contributed by atoms with Crippen LogP contribution in [0, 0.1) is 0 Å². The molecule has 0 amide bonds. The second-order valence-electron chi connectivity index (χ2n) is 7.96. The molecule has 1 aliphatic heterocycles. The van der Waals surface area contributed by atoms with Crippen LogP contribution in [0.2, 0.25) is 5.02 Å². The number of allylic oxidation sites excluding steroid dienone is 2. The Morgan fingerprint density at radius 2 is 1.79 bits per heavy atom. The number of carbonyl (C=O) groups is 1. The summed E-state index contributed by atoms with van der Waals surface area (Å²) in [6.07, 6.45) is 2.43. The summed E-state index contributed by atoms with van der Waals surface area (Å²) in [5, 5.41) is 8.28. The number of carbonyl (C=O) groups excluding carboxylic acids is 1. The van der Waals surface area contributed by atoms with Crippen molar-refractivity contribution in [2.45, 2.75) is 24.8 Å². The average Bonchev–Trinajstić information content (AvgIpc) is 3.30. The molecule has 0 bridgehead atoms. The van der Waals surface area contributed by atoms with Crippen LogP contribution in [0.5, 0.6) is 17.2 Å². The van der Waals surface area contributed by atoms with E-state index in [0.29, 0.717) is 46.6 Å². The van der Waals surface area contributed by atoms with Gasteiger partial charge >= 0.3 is 0 Å². The number of nitrogens with zero attached hydrogens (tertiary/aromatic N) is 3. The van der Waals surface area contributed by atoms with E-state index in [2.05, 4.69) is 15.4 Å². The van der Waals surface area contributed by atoms with E-state index in [9.17, 15) is 4.79 Å². The minimum absolute atomic E-state index is 0.0357. The third-order valence-corrected chi connectivity index (χ3v) is 6.56. The Labute approximate surface area is 196 Å². The van der Waals surface area contributed by atoms with Crippen molar-refractivity contribution in [3.05, 3.63) is 70.1 Å². The van der Waals surface area contributed by atoms with E-state index in [1.165, 1.54) is 6.33 Å². The number of fused-ring (bicyclic) bond motifs is 1. The van der Waals surface area contributed by atoms with Crippen LogP contribution in [0.15, 0.2) is 54.0 Å². The Bertz CT molecular complexity index is 1240. The number of aromatic nitrogens is 3. The van der Waals surface area contributed by atoms with Crippen LogP contribution < -0.4 is 19.5 Å². The first-order valence-electron chi connectivity index (χ1n) is 10.5. The summed E-state index contributed by atoms with van der Waals surface area (Å²) in [6, 6.07) is 10.9. The van der Waals surface area contributed by atoms with Gasteiger partial charge in [-0.2, -0.15) is 10.1 Å². The first kappa shape index (κ1) is 21.3. The Balaban J connectivity index is 1.59. The summed E-state index contributed by atoms with van der Waals surface area (Å²) in [6.45, 7) is 0. The number of halogens is 1. The number of hydrogen-bond acceptors (Lipinski definition) is 7. The van der Waals surface area contributed by atoms with Crippen LogP contribution in [-0.2, 0) is 4.79 Å². The SMILES string of the molecule is COc1cc([C@@H]2CC(=O)C3=C(C2)Nc2ncnn2[C@H]3c2ccccc2Cl)cc(OC)c1OC. The molecule has 1 aromatic heterocycles. The van der Waals surface area contributed by atoms with Crippen molar-refractivity contribution in [3.63, 3.8) is 0 Å². The molecule has 0 saturated heterocycles. The van der Waals surface area contributed by atoms with Crippen molar-refractivity contribution in [2.24, 2.45) is 0 Å². The number of hydrogen-bond donors (Lipinski definition) is 1. The van der Waals surface area contributed by atoms with Crippen LogP contribution in [0.25, 0.3) is 0 Å². The lowest BCUT2D eigenvalue weighted by molar-refractivity contribution is -0.116. The highest BCUT2D eigenvalue weighted by Gasteiger charge is 2.40. The van der Waals surface area contributed by atoms with Crippen molar-refractivity contribution >= 4 is 23.3 Å². The summed E-state index contributed by atoms with van der Waals surface area (Å²) in [5.41, 5.74) is 3.26. The third-order valence-electron chi connectivity index (χ3n) is 6.22. The van der Waals surface area contributed by atoms with Gasteiger partial charge in [-0.25, -0.2) is 4.68 Å². The molecular weight excluding hydrogens is 444 g/mol. The number of nitrogens with one attached hydrogen (secondary N) is 1. The molecule has 170 valence electrons. The lowest BCUT2D eigenvalue weighted by Crippen LogP contribution is -2.33.